The van der Waals surface area contributed by atoms with E-state index < -0.39 is 34.9 Å². The lowest BCUT2D eigenvalue weighted by Gasteiger charge is -2.37. The minimum atomic E-state index is -4.44. The molecule has 0 aromatic heterocycles. The van der Waals surface area contributed by atoms with E-state index >= 15 is 0 Å². The van der Waals surface area contributed by atoms with E-state index in [0.717, 1.165) is 4.31 Å². The van der Waals surface area contributed by atoms with Crippen LogP contribution < -0.4 is 0 Å². The molecule has 0 unspecified atom stereocenters. The van der Waals surface area contributed by atoms with Crippen molar-refractivity contribution >= 4 is 16.0 Å². The summed E-state index contributed by atoms with van der Waals surface area (Å²) >= 11 is 0. The lowest BCUT2D eigenvalue weighted by atomic mass is 10.2. The monoisotopic (exact) mass is 353 g/mol. The van der Waals surface area contributed by atoms with Crippen molar-refractivity contribution in [1.29, 1.82) is 0 Å². The molecule has 1 aromatic carbocycles. The Hall–Kier alpha value is -1.65. The number of ether oxygens (including phenoxy) is 2. The number of halogens is 3. The third kappa shape index (κ3) is 4.21. The number of carbonyl (C=O) groups excluding carboxylic acids is 1. The maximum absolute atomic E-state index is 12.2. The van der Waals surface area contributed by atoms with Gasteiger partial charge in [0, 0.05) is 13.1 Å². The Bertz CT molecular complexity index is 666. The van der Waals surface area contributed by atoms with Crippen LogP contribution >= 0.6 is 0 Å². The van der Waals surface area contributed by atoms with Gasteiger partial charge in [-0.3, -0.25) is 0 Å². The fourth-order valence-electron chi connectivity index (χ4n) is 1.94. The zero-order chi connectivity index (χ0) is 17.3. The molecule has 0 radical (unpaired) electrons. The summed E-state index contributed by atoms with van der Waals surface area (Å²) in [5.74, 6) is -0.599. The summed E-state index contributed by atoms with van der Waals surface area (Å²) in [6, 6.07) is 5.09. The number of alkyl halides is 3. The summed E-state index contributed by atoms with van der Waals surface area (Å²) in [5.41, 5.74) is 0.196. The zero-order valence-corrected chi connectivity index (χ0v) is 12.9. The number of rotatable bonds is 5. The minimum Gasteiger partial charge on any atom is -0.465 e. The number of carbonyl (C=O) groups is 1. The van der Waals surface area contributed by atoms with Gasteiger partial charge in [-0.1, -0.05) is 0 Å². The number of hydrogen-bond donors (Lipinski definition) is 0. The summed E-state index contributed by atoms with van der Waals surface area (Å²) in [6.45, 7) is -1.69. The number of nitrogens with zero attached hydrogens (tertiary/aromatic N) is 1. The van der Waals surface area contributed by atoms with E-state index in [4.69, 9.17) is 0 Å². The van der Waals surface area contributed by atoms with Crippen LogP contribution in [0.25, 0.3) is 0 Å². The molecule has 1 aromatic rings. The van der Waals surface area contributed by atoms with Crippen LogP contribution in [0.15, 0.2) is 29.2 Å². The minimum absolute atomic E-state index is 0.0561. The first kappa shape index (κ1) is 17.7. The van der Waals surface area contributed by atoms with Gasteiger partial charge in [0.15, 0.2) is 0 Å². The molecule has 0 bridgehead atoms. The predicted molar refractivity (Wildman–Crippen MR) is 72.3 cm³/mol. The van der Waals surface area contributed by atoms with Gasteiger partial charge in [0.2, 0.25) is 10.0 Å². The highest BCUT2D eigenvalue weighted by Gasteiger charge is 2.39. The first-order chi connectivity index (χ1) is 10.6. The topological polar surface area (TPSA) is 72.9 Å². The van der Waals surface area contributed by atoms with Crippen LogP contribution in [-0.4, -0.2) is 57.8 Å². The molecule has 6 nitrogen and oxygen atoms in total. The molecule has 10 heteroatoms. The van der Waals surface area contributed by atoms with Crippen molar-refractivity contribution < 1.29 is 35.9 Å². The number of esters is 1. The Morgan fingerprint density at radius 1 is 1.26 bits per heavy atom. The normalized spacial score (nSPS) is 16.9. The number of sulfonamides is 1. The van der Waals surface area contributed by atoms with E-state index in [1.165, 1.54) is 31.4 Å². The first-order valence-corrected chi connectivity index (χ1v) is 7.94. The average Bonchev–Trinajstić information content (AvgIpc) is 2.43. The predicted octanol–water partition coefficient (Wildman–Crippen LogP) is 1.42. The van der Waals surface area contributed by atoms with E-state index in [0.29, 0.717) is 0 Å². The molecule has 2 rings (SSSR count). The van der Waals surface area contributed by atoms with Gasteiger partial charge >= 0.3 is 12.1 Å². The second kappa shape index (κ2) is 6.46. The summed E-state index contributed by atoms with van der Waals surface area (Å²) in [7, 11) is -2.62. The SMILES string of the molecule is COC(=O)c1ccc(S(=O)(=O)N2CC(OCC(F)(F)F)C2)cc1. The Morgan fingerprint density at radius 2 is 1.83 bits per heavy atom. The van der Waals surface area contributed by atoms with E-state index in [2.05, 4.69) is 9.47 Å². The molecule has 0 spiro atoms. The lowest BCUT2D eigenvalue weighted by molar-refractivity contribution is -0.194. The second-order valence-corrected chi connectivity index (χ2v) is 6.82. The average molecular weight is 353 g/mol. The second-order valence-electron chi connectivity index (χ2n) is 4.89. The molecular formula is C13H14F3NO5S. The van der Waals surface area contributed by atoms with Crippen molar-refractivity contribution in [2.75, 3.05) is 26.8 Å². The molecule has 0 aliphatic carbocycles. The molecule has 1 aliphatic heterocycles. The van der Waals surface area contributed by atoms with Crippen molar-refractivity contribution in [2.45, 2.75) is 17.2 Å². The molecule has 1 saturated heterocycles. The molecule has 0 saturated carbocycles. The Morgan fingerprint density at radius 3 is 2.30 bits per heavy atom. The van der Waals surface area contributed by atoms with Gasteiger partial charge in [0.1, 0.15) is 6.61 Å². The van der Waals surface area contributed by atoms with Crippen molar-refractivity contribution in [3.8, 4) is 0 Å². The van der Waals surface area contributed by atoms with E-state index in [9.17, 15) is 26.4 Å². The van der Waals surface area contributed by atoms with Crippen molar-refractivity contribution in [3.63, 3.8) is 0 Å². The van der Waals surface area contributed by atoms with Crippen LogP contribution in [0, 0.1) is 0 Å². The van der Waals surface area contributed by atoms with Crippen molar-refractivity contribution in [3.05, 3.63) is 29.8 Å². The zero-order valence-electron chi connectivity index (χ0n) is 12.0. The van der Waals surface area contributed by atoms with Crippen LogP contribution in [0.1, 0.15) is 10.4 Å². The van der Waals surface area contributed by atoms with Gasteiger partial charge in [-0.25, -0.2) is 13.2 Å². The van der Waals surface area contributed by atoms with Gasteiger partial charge in [-0.05, 0) is 24.3 Å². The van der Waals surface area contributed by atoms with Crippen molar-refractivity contribution in [1.82, 2.24) is 4.31 Å². The fourth-order valence-corrected chi connectivity index (χ4v) is 3.45. The van der Waals surface area contributed by atoms with Crippen LogP contribution in [0.3, 0.4) is 0 Å². The first-order valence-electron chi connectivity index (χ1n) is 6.50. The molecule has 1 heterocycles. The third-order valence-corrected chi connectivity index (χ3v) is 5.06. The largest absolute Gasteiger partial charge is 0.465 e. The Labute approximate surface area is 130 Å². The van der Waals surface area contributed by atoms with Gasteiger partial charge in [-0.2, -0.15) is 17.5 Å². The standard InChI is InChI=1S/C13H14F3NO5S/c1-21-12(18)9-2-4-11(5-3-9)23(19,20)17-6-10(7-17)22-8-13(14,15)16/h2-5,10H,6-8H2,1H3. The molecular weight excluding hydrogens is 339 g/mol. The molecule has 0 amide bonds. The number of hydrogen-bond acceptors (Lipinski definition) is 5. The Kier molecular flexibility index (Phi) is 4.97. The lowest BCUT2D eigenvalue weighted by Crippen LogP contribution is -2.55. The van der Waals surface area contributed by atoms with E-state index in [-0.39, 0.29) is 23.5 Å². The fraction of sp³-hybridized carbons (Fsp3) is 0.462. The van der Waals surface area contributed by atoms with Gasteiger partial charge < -0.3 is 9.47 Å². The maximum atomic E-state index is 12.2. The Balaban J connectivity index is 1.97. The highest BCUT2D eigenvalue weighted by molar-refractivity contribution is 7.89. The van der Waals surface area contributed by atoms with Crippen LogP contribution in [0.4, 0.5) is 13.2 Å². The van der Waals surface area contributed by atoms with Crippen LogP contribution in [0.2, 0.25) is 0 Å². The van der Waals surface area contributed by atoms with E-state index in [1.54, 1.807) is 0 Å². The quantitative estimate of drug-likeness (QED) is 0.749. The molecule has 0 N–H and O–H groups in total. The van der Waals surface area contributed by atoms with Crippen molar-refractivity contribution in [2.24, 2.45) is 0 Å². The summed E-state index contributed by atoms with van der Waals surface area (Å²) in [6.07, 6.45) is -5.22. The maximum Gasteiger partial charge on any atom is 0.411 e. The van der Waals surface area contributed by atoms with Crippen LogP contribution in [0.5, 0.6) is 0 Å². The highest BCUT2D eigenvalue weighted by Crippen LogP contribution is 2.25. The van der Waals surface area contributed by atoms with Gasteiger partial charge in [0.25, 0.3) is 0 Å². The number of methoxy groups -OCH3 is 1. The summed E-state index contributed by atoms with van der Waals surface area (Å²) < 4.78 is 70.6. The van der Waals surface area contributed by atoms with Gasteiger partial charge in [-0.15, -0.1) is 0 Å². The summed E-state index contributed by atoms with van der Waals surface area (Å²) in [5, 5.41) is 0. The number of benzene rings is 1. The van der Waals surface area contributed by atoms with E-state index in [1.807, 2.05) is 0 Å². The third-order valence-electron chi connectivity index (χ3n) is 3.21. The molecule has 128 valence electrons. The highest BCUT2D eigenvalue weighted by atomic mass is 32.2. The van der Waals surface area contributed by atoms with Gasteiger partial charge in [0.05, 0.1) is 23.7 Å². The molecule has 0 atom stereocenters. The molecule has 23 heavy (non-hydrogen) atoms. The molecule has 1 aliphatic rings. The smallest absolute Gasteiger partial charge is 0.411 e. The molecule has 1 fully saturated rings. The van der Waals surface area contributed by atoms with Crippen LogP contribution in [-0.2, 0) is 19.5 Å². The summed E-state index contributed by atoms with van der Waals surface area (Å²) in [4.78, 5) is 11.2.